The van der Waals surface area contributed by atoms with E-state index in [1.54, 1.807) is 0 Å². The van der Waals surface area contributed by atoms with E-state index in [0.717, 1.165) is 19.0 Å². The van der Waals surface area contributed by atoms with Crippen molar-refractivity contribution in [3.8, 4) is 0 Å². The maximum absolute atomic E-state index is 3.62. The summed E-state index contributed by atoms with van der Waals surface area (Å²) in [5.41, 5.74) is 2.84. The molecule has 0 bridgehead atoms. The highest BCUT2D eigenvalue weighted by molar-refractivity contribution is 9.10. The van der Waals surface area contributed by atoms with Crippen LogP contribution in [0.5, 0.6) is 0 Å². The van der Waals surface area contributed by atoms with Gasteiger partial charge in [0.1, 0.15) is 0 Å². The number of hydrogen-bond donors (Lipinski definition) is 1. The first-order valence-corrected chi connectivity index (χ1v) is 9.13. The monoisotopic (exact) mass is 352 g/mol. The third-order valence-corrected chi connectivity index (χ3v) is 4.84. The highest BCUT2D eigenvalue weighted by Gasteiger charge is 2.20. The fourth-order valence-corrected chi connectivity index (χ4v) is 3.53. The normalized spacial score (nSPS) is 19.3. The molecule has 1 aliphatic heterocycles. The average molecular weight is 353 g/mol. The van der Waals surface area contributed by atoms with Crippen molar-refractivity contribution in [1.29, 1.82) is 0 Å². The molecule has 0 aliphatic carbocycles. The van der Waals surface area contributed by atoms with Crippen LogP contribution in [-0.2, 0) is 6.54 Å². The Hall–Kier alpha value is -0.540. The zero-order valence-electron chi connectivity index (χ0n) is 13.7. The van der Waals surface area contributed by atoms with Gasteiger partial charge in [0.2, 0.25) is 0 Å². The molecule has 0 spiro atoms. The summed E-state index contributed by atoms with van der Waals surface area (Å²) >= 11 is 3.62. The van der Waals surface area contributed by atoms with Crippen molar-refractivity contribution >= 4 is 21.6 Å². The van der Waals surface area contributed by atoms with Crippen LogP contribution >= 0.6 is 15.9 Å². The third kappa shape index (κ3) is 5.00. The van der Waals surface area contributed by atoms with E-state index in [1.807, 2.05) is 0 Å². The zero-order chi connectivity index (χ0) is 15.2. The van der Waals surface area contributed by atoms with Gasteiger partial charge in [0.15, 0.2) is 0 Å². The molecule has 1 fully saturated rings. The summed E-state index contributed by atoms with van der Waals surface area (Å²) in [5, 5.41) is 3.59. The van der Waals surface area contributed by atoms with Crippen molar-refractivity contribution in [3.05, 3.63) is 28.2 Å². The predicted molar refractivity (Wildman–Crippen MR) is 95.9 cm³/mol. The predicted octanol–water partition coefficient (Wildman–Crippen LogP) is 4.82. The van der Waals surface area contributed by atoms with Gasteiger partial charge in [-0.15, -0.1) is 0 Å². The summed E-state index contributed by atoms with van der Waals surface area (Å²) in [6.07, 6.45) is 4.02. The van der Waals surface area contributed by atoms with Gasteiger partial charge in [-0.05, 0) is 55.0 Å². The summed E-state index contributed by atoms with van der Waals surface area (Å²) in [7, 11) is 0. The summed E-state index contributed by atoms with van der Waals surface area (Å²) in [4.78, 5) is 2.59. The quantitative estimate of drug-likeness (QED) is 0.789. The molecular formula is C18H29BrN2. The molecule has 118 valence electrons. The molecule has 21 heavy (non-hydrogen) atoms. The van der Waals surface area contributed by atoms with E-state index in [-0.39, 0.29) is 0 Å². The van der Waals surface area contributed by atoms with E-state index in [1.165, 1.54) is 48.1 Å². The lowest BCUT2D eigenvalue weighted by Gasteiger charge is -2.35. The Morgan fingerprint density at radius 3 is 2.90 bits per heavy atom. The van der Waals surface area contributed by atoms with Gasteiger partial charge in [-0.2, -0.15) is 0 Å². The van der Waals surface area contributed by atoms with Crippen LogP contribution in [-0.4, -0.2) is 19.6 Å². The standard InChI is InChI=1S/C18H29BrN2/c1-4-15-6-5-9-21(13-15)18-8-7-17(19)10-16(18)12-20-11-14(2)3/h7-8,10,14-15,20H,4-6,9,11-13H2,1-3H3. The minimum atomic E-state index is 0.695. The molecule has 1 aromatic carbocycles. The number of rotatable bonds is 6. The molecular weight excluding hydrogens is 324 g/mol. The van der Waals surface area contributed by atoms with Crippen LogP contribution in [0.25, 0.3) is 0 Å². The second-order valence-electron chi connectivity index (χ2n) is 6.66. The molecule has 1 unspecified atom stereocenters. The molecule has 0 radical (unpaired) electrons. The second kappa shape index (κ2) is 8.19. The maximum atomic E-state index is 3.62. The molecule has 1 aliphatic rings. The Morgan fingerprint density at radius 1 is 1.38 bits per heavy atom. The van der Waals surface area contributed by atoms with E-state index in [2.05, 4.69) is 65.1 Å². The van der Waals surface area contributed by atoms with Gasteiger partial charge in [0, 0.05) is 29.8 Å². The first-order valence-electron chi connectivity index (χ1n) is 8.34. The van der Waals surface area contributed by atoms with Gasteiger partial charge >= 0.3 is 0 Å². The number of hydrogen-bond acceptors (Lipinski definition) is 2. The Bertz CT molecular complexity index is 445. The summed E-state index contributed by atoms with van der Waals surface area (Å²) in [6.45, 7) is 11.3. The lowest BCUT2D eigenvalue weighted by atomic mass is 9.94. The summed E-state index contributed by atoms with van der Waals surface area (Å²) < 4.78 is 1.18. The smallest absolute Gasteiger partial charge is 0.0412 e. The maximum Gasteiger partial charge on any atom is 0.0412 e. The number of nitrogens with zero attached hydrogens (tertiary/aromatic N) is 1. The van der Waals surface area contributed by atoms with Gasteiger partial charge in [-0.1, -0.05) is 43.1 Å². The van der Waals surface area contributed by atoms with E-state index in [0.29, 0.717) is 5.92 Å². The highest BCUT2D eigenvalue weighted by atomic mass is 79.9. The summed E-state index contributed by atoms with van der Waals surface area (Å²) in [5.74, 6) is 1.55. The molecule has 0 aromatic heterocycles. The SMILES string of the molecule is CCC1CCCN(c2ccc(Br)cc2CNCC(C)C)C1. The second-order valence-corrected chi connectivity index (χ2v) is 7.58. The number of halogens is 1. The largest absolute Gasteiger partial charge is 0.371 e. The lowest BCUT2D eigenvalue weighted by Crippen LogP contribution is -2.36. The average Bonchev–Trinajstić information content (AvgIpc) is 2.47. The van der Waals surface area contributed by atoms with Crippen LogP contribution in [0.15, 0.2) is 22.7 Å². The van der Waals surface area contributed by atoms with Crippen LogP contribution in [0.3, 0.4) is 0 Å². The summed E-state index contributed by atoms with van der Waals surface area (Å²) in [6, 6.07) is 6.74. The van der Waals surface area contributed by atoms with Gasteiger partial charge in [-0.3, -0.25) is 0 Å². The minimum Gasteiger partial charge on any atom is -0.371 e. The molecule has 1 N–H and O–H groups in total. The van der Waals surface area contributed by atoms with Crippen molar-refractivity contribution in [1.82, 2.24) is 5.32 Å². The molecule has 0 saturated carbocycles. The molecule has 1 heterocycles. The van der Waals surface area contributed by atoms with Crippen molar-refractivity contribution < 1.29 is 0 Å². The van der Waals surface area contributed by atoms with E-state index in [4.69, 9.17) is 0 Å². The molecule has 3 heteroatoms. The van der Waals surface area contributed by atoms with Gasteiger partial charge in [0.05, 0.1) is 0 Å². The van der Waals surface area contributed by atoms with Crippen LogP contribution in [0.1, 0.15) is 45.6 Å². The van der Waals surface area contributed by atoms with Gasteiger partial charge < -0.3 is 10.2 Å². The first-order chi connectivity index (χ1) is 10.1. The Balaban J connectivity index is 2.10. The number of piperidine rings is 1. The molecule has 2 nitrogen and oxygen atoms in total. The fourth-order valence-electron chi connectivity index (χ4n) is 3.12. The van der Waals surface area contributed by atoms with Gasteiger partial charge in [-0.25, -0.2) is 0 Å². The minimum absolute atomic E-state index is 0.695. The van der Waals surface area contributed by atoms with Crippen LogP contribution in [0, 0.1) is 11.8 Å². The fraction of sp³-hybridized carbons (Fsp3) is 0.667. The number of nitrogens with one attached hydrogen (secondary N) is 1. The molecule has 1 aromatic rings. The number of anilines is 1. The van der Waals surface area contributed by atoms with Gasteiger partial charge in [0.25, 0.3) is 0 Å². The lowest BCUT2D eigenvalue weighted by molar-refractivity contribution is 0.404. The Labute approximate surface area is 138 Å². The van der Waals surface area contributed by atoms with Crippen molar-refractivity contribution in [2.45, 2.75) is 46.6 Å². The first kappa shape index (κ1) is 16.8. The third-order valence-electron chi connectivity index (χ3n) is 4.35. The molecule has 1 atom stereocenters. The zero-order valence-corrected chi connectivity index (χ0v) is 15.2. The Morgan fingerprint density at radius 2 is 2.19 bits per heavy atom. The molecule has 2 rings (SSSR count). The topological polar surface area (TPSA) is 15.3 Å². The molecule has 1 saturated heterocycles. The van der Waals surface area contributed by atoms with Crippen molar-refractivity contribution in [2.24, 2.45) is 11.8 Å². The van der Waals surface area contributed by atoms with E-state index >= 15 is 0 Å². The van der Waals surface area contributed by atoms with Crippen molar-refractivity contribution in [3.63, 3.8) is 0 Å². The van der Waals surface area contributed by atoms with E-state index in [9.17, 15) is 0 Å². The highest BCUT2D eigenvalue weighted by Crippen LogP contribution is 2.29. The van der Waals surface area contributed by atoms with E-state index < -0.39 is 0 Å². The van der Waals surface area contributed by atoms with Crippen LogP contribution < -0.4 is 10.2 Å². The molecule has 0 amide bonds. The van der Waals surface area contributed by atoms with Crippen LogP contribution in [0.4, 0.5) is 5.69 Å². The number of benzene rings is 1. The Kier molecular flexibility index (Phi) is 6.56. The van der Waals surface area contributed by atoms with Crippen LogP contribution in [0.2, 0.25) is 0 Å². The van der Waals surface area contributed by atoms with Crippen molar-refractivity contribution in [2.75, 3.05) is 24.5 Å².